The Labute approximate surface area is 355 Å². The Balaban J connectivity index is 1.17. The van der Waals surface area contributed by atoms with Gasteiger partial charge in [0, 0.05) is 0 Å². The van der Waals surface area contributed by atoms with E-state index in [0.717, 1.165) is 0 Å². The van der Waals surface area contributed by atoms with Crippen molar-refractivity contribution in [3.63, 3.8) is 0 Å². The molecule has 0 N–H and O–H groups in total. The van der Waals surface area contributed by atoms with Crippen LogP contribution >= 0.6 is 0 Å². The van der Waals surface area contributed by atoms with E-state index in [1.54, 1.807) is 0 Å². The van der Waals surface area contributed by atoms with E-state index >= 15 is 0 Å². The zero-order chi connectivity index (χ0) is 40.4. The Kier molecular flexibility index (Phi) is 8.18. The molecule has 0 saturated carbocycles. The van der Waals surface area contributed by atoms with E-state index in [1.165, 1.54) is 126 Å². The molecule has 0 unspecified atom stereocenters. The highest BCUT2D eigenvalue weighted by Crippen LogP contribution is 2.45. The van der Waals surface area contributed by atoms with Crippen molar-refractivity contribution in [3.8, 4) is 55.6 Å². The molecule has 61 heavy (non-hydrogen) atoms. The first kappa shape index (κ1) is 35.2. The molecule has 0 aliphatic carbocycles. The molecule has 0 aromatic heterocycles. The summed E-state index contributed by atoms with van der Waals surface area (Å²) in [6.45, 7) is 2.16. The molecule has 0 spiro atoms. The van der Waals surface area contributed by atoms with Crippen LogP contribution in [0.5, 0.6) is 0 Å². The number of rotatable bonds is 5. The van der Waals surface area contributed by atoms with Crippen molar-refractivity contribution in [2.24, 2.45) is 0 Å². The number of hydrogen-bond acceptors (Lipinski definition) is 0. The van der Waals surface area contributed by atoms with Crippen LogP contribution in [0.3, 0.4) is 0 Å². The summed E-state index contributed by atoms with van der Waals surface area (Å²) in [4.78, 5) is 0. The fraction of sp³-hybridized carbons (Fsp3) is 0.0164. The summed E-state index contributed by atoms with van der Waals surface area (Å²) >= 11 is 0. The van der Waals surface area contributed by atoms with Gasteiger partial charge in [-0.2, -0.15) is 0 Å². The lowest BCUT2D eigenvalue weighted by Crippen LogP contribution is -1.91. The quantitative estimate of drug-likeness (QED) is 0.153. The Bertz CT molecular complexity index is 3660. The van der Waals surface area contributed by atoms with Crippen LogP contribution in [0.2, 0.25) is 0 Å². The van der Waals surface area contributed by atoms with Crippen molar-refractivity contribution in [2.45, 2.75) is 6.92 Å². The second-order valence-corrected chi connectivity index (χ2v) is 16.5. The minimum absolute atomic E-state index is 1.20. The highest BCUT2D eigenvalue weighted by atomic mass is 14.2. The fourth-order valence-corrected chi connectivity index (χ4v) is 9.90. The van der Waals surface area contributed by atoms with E-state index in [1.807, 2.05) is 0 Å². The molecule has 0 amide bonds. The summed E-state index contributed by atoms with van der Waals surface area (Å²) in [6.07, 6.45) is 0. The van der Waals surface area contributed by atoms with Crippen LogP contribution in [0.15, 0.2) is 224 Å². The minimum atomic E-state index is 1.20. The molecule has 0 aliphatic heterocycles. The first-order valence-electron chi connectivity index (χ1n) is 21.2. The molecule has 0 heteroatoms. The van der Waals surface area contributed by atoms with Crippen LogP contribution in [0.1, 0.15) is 5.56 Å². The van der Waals surface area contributed by atoms with Gasteiger partial charge in [-0.05, 0) is 164 Å². The lowest BCUT2D eigenvalue weighted by atomic mass is 9.85. The summed E-state index contributed by atoms with van der Waals surface area (Å²) in [7, 11) is 0. The van der Waals surface area contributed by atoms with Crippen LogP contribution in [0, 0.1) is 6.92 Å². The first-order chi connectivity index (χ1) is 30.2. The first-order valence-corrected chi connectivity index (χ1v) is 21.2. The molecule has 0 nitrogen and oxygen atoms in total. The maximum absolute atomic E-state index is 2.45. The largest absolute Gasteiger partial charge is 0.0622 e. The molecular formula is C61H40. The standard InChI is InChI=1S/C61H40/c1-39-25-27-43(28-26-39)55-36-59-49-24-14-12-22-47(49)53(41-17-7-3-8-18-41)38-61(59)57-34-45(30-32-51(55)57)44-29-31-50-54(42-19-9-4-10-20-42)35-58-48-23-13-11-21-46(48)52(37-60(58)56(50)33-44)40-15-5-2-6-16-40/h2-38H,1H3. The van der Waals surface area contributed by atoms with Gasteiger partial charge in [0.15, 0.2) is 0 Å². The molecule has 0 heterocycles. The monoisotopic (exact) mass is 772 g/mol. The van der Waals surface area contributed by atoms with Gasteiger partial charge in [0.2, 0.25) is 0 Å². The van der Waals surface area contributed by atoms with Crippen LogP contribution in [-0.4, -0.2) is 0 Å². The molecule has 0 atom stereocenters. The van der Waals surface area contributed by atoms with Crippen molar-refractivity contribution >= 4 is 64.6 Å². The lowest BCUT2D eigenvalue weighted by molar-refractivity contribution is 1.47. The van der Waals surface area contributed by atoms with Gasteiger partial charge in [0.1, 0.15) is 0 Å². The third-order valence-corrected chi connectivity index (χ3v) is 12.9. The normalized spacial score (nSPS) is 11.7. The summed E-state index contributed by atoms with van der Waals surface area (Å²) in [5, 5.41) is 15.2. The van der Waals surface area contributed by atoms with Crippen LogP contribution in [0.25, 0.3) is 120 Å². The van der Waals surface area contributed by atoms with Gasteiger partial charge in [-0.15, -0.1) is 0 Å². The molecular weight excluding hydrogens is 733 g/mol. The molecule has 0 saturated heterocycles. The maximum atomic E-state index is 2.45. The molecule has 0 bridgehead atoms. The molecule has 284 valence electrons. The second kappa shape index (κ2) is 14.2. The maximum Gasteiger partial charge on any atom is -0.00921 e. The van der Waals surface area contributed by atoms with E-state index in [9.17, 15) is 0 Å². The van der Waals surface area contributed by atoms with Crippen LogP contribution in [-0.2, 0) is 0 Å². The van der Waals surface area contributed by atoms with Gasteiger partial charge in [-0.25, -0.2) is 0 Å². The Morgan fingerprint density at radius 1 is 0.180 bits per heavy atom. The minimum Gasteiger partial charge on any atom is -0.0622 e. The number of aryl methyl sites for hydroxylation is 1. The average molecular weight is 773 g/mol. The van der Waals surface area contributed by atoms with E-state index in [4.69, 9.17) is 0 Å². The summed E-state index contributed by atoms with van der Waals surface area (Å²) in [5.74, 6) is 0. The zero-order valence-corrected chi connectivity index (χ0v) is 33.9. The van der Waals surface area contributed by atoms with Gasteiger partial charge < -0.3 is 0 Å². The molecule has 12 aromatic carbocycles. The van der Waals surface area contributed by atoms with Crippen molar-refractivity contribution in [1.82, 2.24) is 0 Å². The Morgan fingerprint density at radius 2 is 0.443 bits per heavy atom. The topological polar surface area (TPSA) is 0 Å². The van der Waals surface area contributed by atoms with Crippen molar-refractivity contribution in [1.29, 1.82) is 0 Å². The summed E-state index contributed by atoms with van der Waals surface area (Å²) in [6, 6.07) is 83.4. The van der Waals surface area contributed by atoms with E-state index in [-0.39, 0.29) is 0 Å². The molecule has 0 radical (unpaired) electrons. The predicted molar refractivity (Wildman–Crippen MR) is 263 cm³/mol. The number of fused-ring (bicyclic) bond motifs is 10. The Morgan fingerprint density at radius 3 is 0.820 bits per heavy atom. The van der Waals surface area contributed by atoms with E-state index in [2.05, 4.69) is 231 Å². The van der Waals surface area contributed by atoms with Gasteiger partial charge in [0.05, 0.1) is 0 Å². The predicted octanol–water partition coefficient (Wildman–Crippen LogP) is 17.2. The smallest absolute Gasteiger partial charge is 0.00921 e. The van der Waals surface area contributed by atoms with Gasteiger partial charge >= 0.3 is 0 Å². The van der Waals surface area contributed by atoms with Crippen LogP contribution in [0.4, 0.5) is 0 Å². The Hall–Kier alpha value is -7.80. The SMILES string of the molecule is Cc1ccc(-c2cc3c4ccccc4c(-c4ccccc4)cc3c3cc(-c4ccc5c(-c6ccccc6)cc6c7ccccc7c(-c7ccccc7)cc6c5c4)ccc23)cc1. The van der Waals surface area contributed by atoms with E-state index < -0.39 is 0 Å². The van der Waals surface area contributed by atoms with Crippen LogP contribution < -0.4 is 0 Å². The third-order valence-electron chi connectivity index (χ3n) is 12.9. The van der Waals surface area contributed by atoms with E-state index in [0.29, 0.717) is 0 Å². The van der Waals surface area contributed by atoms with Crippen molar-refractivity contribution in [2.75, 3.05) is 0 Å². The molecule has 12 rings (SSSR count). The second-order valence-electron chi connectivity index (χ2n) is 16.5. The van der Waals surface area contributed by atoms with Crippen molar-refractivity contribution < 1.29 is 0 Å². The van der Waals surface area contributed by atoms with Crippen molar-refractivity contribution in [3.05, 3.63) is 230 Å². The summed E-state index contributed by atoms with van der Waals surface area (Å²) < 4.78 is 0. The zero-order valence-electron chi connectivity index (χ0n) is 33.9. The number of benzene rings is 12. The average Bonchev–Trinajstić information content (AvgIpc) is 3.33. The third kappa shape index (κ3) is 5.83. The van der Waals surface area contributed by atoms with Gasteiger partial charge in [0.25, 0.3) is 0 Å². The van der Waals surface area contributed by atoms with Gasteiger partial charge in [-0.1, -0.05) is 194 Å². The molecule has 12 aromatic rings. The molecule has 0 fully saturated rings. The molecule has 0 aliphatic rings. The highest BCUT2D eigenvalue weighted by molar-refractivity contribution is 6.26. The number of hydrogen-bond donors (Lipinski definition) is 0. The summed E-state index contributed by atoms with van der Waals surface area (Å²) in [5.41, 5.74) is 13.6. The lowest BCUT2D eigenvalue weighted by Gasteiger charge is -2.18. The van der Waals surface area contributed by atoms with Gasteiger partial charge in [-0.3, -0.25) is 0 Å². The fourth-order valence-electron chi connectivity index (χ4n) is 9.90. The highest BCUT2D eigenvalue weighted by Gasteiger charge is 2.18.